The molecule has 0 unspecified atom stereocenters. The summed E-state index contributed by atoms with van der Waals surface area (Å²) in [6, 6.07) is 12.8. The first-order valence-corrected chi connectivity index (χ1v) is 10.2. The molecule has 0 aliphatic carbocycles. The zero-order valence-electron chi connectivity index (χ0n) is 15.8. The Labute approximate surface area is 173 Å². The average Bonchev–Trinajstić information content (AvgIpc) is 3.28. The van der Waals surface area contributed by atoms with Crippen molar-refractivity contribution in [3.8, 4) is 11.5 Å². The van der Waals surface area contributed by atoms with E-state index in [4.69, 9.17) is 21.1 Å². The van der Waals surface area contributed by atoms with Crippen LogP contribution in [0, 0.1) is 0 Å². The van der Waals surface area contributed by atoms with Gasteiger partial charge in [0, 0.05) is 35.8 Å². The molecule has 2 amide bonds. The predicted molar refractivity (Wildman–Crippen MR) is 109 cm³/mol. The van der Waals surface area contributed by atoms with E-state index in [9.17, 15) is 9.59 Å². The van der Waals surface area contributed by atoms with E-state index >= 15 is 0 Å². The maximum absolute atomic E-state index is 13.6. The zero-order chi connectivity index (χ0) is 20.0. The molecule has 7 heteroatoms. The molecule has 29 heavy (non-hydrogen) atoms. The van der Waals surface area contributed by atoms with Crippen LogP contribution in [0.25, 0.3) is 0 Å². The highest BCUT2D eigenvalue weighted by molar-refractivity contribution is 6.32. The molecule has 150 valence electrons. The quantitative estimate of drug-likeness (QED) is 0.839. The molecule has 0 bridgehead atoms. The van der Waals surface area contributed by atoms with Crippen LogP contribution >= 0.6 is 11.6 Å². The lowest BCUT2D eigenvalue weighted by molar-refractivity contribution is -0.128. The second-order valence-electron chi connectivity index (χ2n) is 7.79. The SMILES string of the molecule is O=C1CC[C@H]2C[C@@](C(=O)Nc3ccc4c(c3)OCCO4)(c3ccccc3Cl)CN12. The van der Waals surface area contributed by atoms with Gasteiger partial charge in [-0.05, 0) is 36.6 Å². The number of fused-ring (bicyclic) bond motifs is 2. The zero-order valence-corrected chi connectivity index (χ0v) is 16.6. The Balaban J connectivity index is 1.49. The highest BCUT2D eigenvalue weighted by atomic mass is 35.5. The van der Waals surface area contributed by atoms with Gasteiger partial charge in [-0.3, -0.25) is 9.59 Å². The van der Waals surface area contributed by atoms with Gasteiger partial charge in [0.25, 0.3) is 0 Å². The van der Waals surface area contributed by atoms with Gasteiger partial charge in [0.05, 0.1) is 5.41 Å². The summed E-state index contributed by atoms with van der Waals surface area (Å²) < 4.78 is 11.2. The Morgan fingerprint density at radius 2 is 1.93 bits per heavy atom. The molecule has 0 radical (unpaired) electrons. The van der Waals surface area contributed by atoms with Crippen LogP contribution in [0.4, 0.5) is 5.69 Å². The second-order valence-corrected chi connectivity index (χ2v) is 8.20. The van der Waals surface area contributed by atoms with Crippen molar-refractivity contribution in [1.82, 2.24) is 4.90 Å². The van der Waals surface area contributed by atoms with Crippen molar-refractivity contribution in [2.75, 3.05) is 25.1 Å². The van der Waals surface area contributed by atoms with Gasteiger partial charge in [-0.2, -0.15) is 0 Å². The molecule has 0 aromatic heterocycles. The fraction of sp³-hybridized carbons (Fsp3) is 0.364. The number of halogens is 1. The molecule has 5 rings (SSSR count). The van der Waals surface area contributed by atoms with Crippen LogP contribution < -0.4 is 14.8 Å². The van der Waals surface area contributed by atoms with E-state index in [0.29, 0.717) is 54.8 Å². The maximum atomic E-state index is 13.6. The predicted octanol–water partition coefficient (Wildman–Crippen LogP) is 3.38. The summed E-state index contributed by atoms with van der Waals surface area (Å²) in [4.78, 5) is 27.8. The van der Waals surface area contributed by atoms with Crippen molar-refractivity contribution < 1.29 is 19.1 Å². The third kappa shape index (κ3) is 3.02. The van der Waals surface area contributed by atoms with E-state index in [0.717, 1.165) is 12.0 Å². The van der Waals surface area contributed by atoms with Crippen LogP contribution in [-0.2, 0) is 15.0 Å². The van der Waals surface area contributed by atoms with Crippen LogP contribution in [0.3, 0.4) is 0 Å². The molecule has 6 nitrogen and oxygen atoms in total. The van der Waals surface area contributed by atoms with E-state index < -0.39 is 5.41 Å². The Morgan fingerprint density at radius 3 is 2.72 bits per heavy atom. The molecule has 3 aliphatic rings. The molecule has 0 spiro atoms. The number of ether oxygens (including phenoxy) is 2. The normalized spacial score (nSPS) is 25.1. The standard InChI is InChI=1S/C22H21ClN2O4/c23-17-4-2-1-3-16(17)22(12-15-6-8-20(26)25(15)13-22)21(27)24-14-5-7-18-19(11-14)29-10-9-28-18/h1-5,7,11,15H,6,8-10,12-13H2,(H,24,27)/t15-,22-/m0/s1. The molecule has 2 atom stereocenters. The van der Waals surface area contributed by atoms with Gasteiger partial charge in [-0.1, -0.05) is 29.8 Å². The fourth-order valence-electron chi connectivity index (χ4n) is 4.68. The smallest absolute Gasteiger partial charge is 0.236 e. The van der Waals surface area contributed by atoms with E-state index in [1.165, 1.54) is 0 Å². The third-order valence-electron chi connectivity index (χ3n) is 6.10. The van der Waals surface area contributed by atoms with Crippen LogP contribution in [0.15, 0.2) is 42.5 Å². The van der Waals surface area contributed by atoms with Crippen LogP contribution in [-0.4, -0.2) is 42.5 Å². The van der Waals surface area contributed by atoms with E-state index in [2.05, 4.69) is 5.32 Å². The van der Waals surface area contributed by atoms with Crippen molar-refractivity contribution >= 4 is 29.1 Å². The minimum atomic E-state index is -0.883. The molecule has 3 aliphatic heterocycles. The van der Waals surface area contributed by atoms with Crippen LogP contribution in [0.2, 0.25) is 5.02 Å². The van der Waals surface area contributed by atoms with Gasteiger partial charge in [0.1, 0.15) is 13.2 Å². The molecule has 2 aromatic rings. The fourth-order valence-corrected chi connectivity index (χ4v) is 5.00. The number of benzene rings is 2. The lowest BCUT2D eigenvalue weighted by Crippen LogP contribution is -2.44. The number of nitrogens with zero attached hydrogens (tertiary/aromatic N) is 1. The van der Waals surface area contributed by atoms with Gasteiger partial charge in [-0.15, -0.1) is 0 Å². The summed E-state index contributed by atoms with van der Waals surface area (Å²) >= 11 is 6.51. The van der Waals surface area contributed by atoms with Crippen LogP contribution in [0.5, 0.6) is 11.5 Å². The lowest BCUT2D eigenvalue weighted by Gasteiger charge is -2.30. The second kappa shape index (κ2) is 6.95. The number of rotatable bonds is 3. The van der Waals surface area contributed by atoms with Crippen molar-refractivity contribution in [3.05, 3.63) is 53.1 Å². The van der Waals surface area contributed by atoms with Crippen molar-refractivity contribution in [1.29, 1.82) is 0 Å². The molecule has 0 saturated carbocycles. The highest BCUT2D eigenvalue weighted by Crippen LogP contribution is 2.45. The summed E-state index contributed by atoms with van der Waals surface area (Å²) in [6.07, 6.45) is 1.90. The Kier molecular flexibility index (Phi) is 4.39. The minimum Gasteiger partial charge on any atom is -0.486 e. The van der Waals surface area contributed by atoms with E-state index in [-0.39, 0.29) is 17.9 Å². The molecule has 3 heterocycles. The summed E-state index contributed by atoms with van der Waals surface area (Å²) in [5.74, 6) is 1.23. The highest BCUT2D eigenvalue weighted by Gasteiger charge is 2.54. The topological polar surface area (TPSA) is 67.9 Å². The minimum absolute atomic E-state index is 0.0739. The van der Waals surface area contributed by atoms with Crippen molar-refractivity contribution in [2.24, 2.45) is 0 Å². The Morgan fingerprint density at radius 1 is 1.14 bits per heavy atom. The Hall–Kier alpha value is -2.73. The molecular weight excluding hydrogens is 392 g/mol. The lowest BCUT2D eigenvalue weighted by atomic mass is 9.76. The number of hydrogen-bond donors (Lipinski definition) is 1. The number of hydrogen-bond acceptors (Lipinski definition) is 4. The van der Waals surface area contributed by atoms with Gasteiger partial charge in [-0.25, -0.2) is 0 Å². The number of anilines is 1. The van der Waals surface area contributed by atoms with Gasteiger partial charge in [0.15, 0.2) is 11.5 Å². The van der Waals surface area contributed by atoms with E-state index in [1.54, 1.807) is 24.3 Å². The van der Waals surface area contributed by atoms with Gasteiger partial charge >= 0.3 is 0 Å². The largest absolute Gasteiger partial charge is 0.486 e. The monoisotopic (exact) mass is 412 g/mol. The first kappa shape index (κ1) is 18.3. The number of carbonyl (C=O) groups is 2. The van der Waals surface area contributed by atoms with Gasteiger partial charge in [0.2, 0.25) is 11.8 Å². The molecule has 2 saturated heterocycles. The maximum Gasteiger partial charge on any atom is 0.236 e. The first-order chi connectivity index (χ1) is 14.1. The van der Waals surface area contributed by atoms with Crippen molar-refractivity contribution in [2.45, 2.75) is 30.7 Å². The Bertz CT molecular complexity index is 995. The van der Waals surface area contributed by atoms with Crippen molar-refractivity contribution in [3.63, 3.8) is 0 Å². The first-order valence-electron chi connectivity index (χ1n) is 9.82. The number of carbonyl (C=O) groups excluding carboxylic acids is 2. The van der Waals surface area contributed by atoms with Gasteiger partial charge < -0.3 is 19.7 Å². The third-order valence-corrected chi connectivity index (χ3v) is 6.43. The number of nitrogens with one attached hydrogen (secondary N) is 1. The van der Waals surface area contributed by atoms with Crippen LogP contribution in [0.1, 0.15) is 24.8 Å². The number of amides is 2. The summed E-state index contributed by atoms with van der Waals surface area (Å²) in [5.41, 5.74) is 0.509. The molecule has 1 N–H and O–H groups in total. The average molecular weight is 413 g/mol. The molecule has 2 aromatic carbocycles. The molecule has 2 fully saturated rings. The van der Waals surface area contributed by atoms with E-state index in [1.807, 2.05) is 23.1 Å². The summed E-state index contributed by atoms with van der Waals surface area (Å²) in [5, 5.41) is 3.57. The molecular formula is C22H21ClN2O4. The summed E-state index contributed by atoms with van der Waals surface area (Å²) in [7, 11) is 0. The summed E-state index contributed by atoms with van der Waals surface area (Å²) in [6.45, 7) is 1.34.